The van der Waals surface area contributed by atoms with Crippen molar-refractivity contribution in [3.63, 3.8) is 0 Å². The summed E-state index contributed by atoms with van der Waals surface area (Å²) in [6.07, 6.45) is 0. The first kappa shape index (κ1) is 15.0. The molecule has 0 aliphatic rings. The van der Waals surface area contributed by atoms with Gasteiger partial charge in [0.1, 0.15) is 11.7 Å². The molecule has 110 valence electrons. The normalized spacial score (nSPS) is 10.5. The van der Waals surface area contributed by atoms with Crippen molar-refractivity contribution in [3.8, 4) is 0 Å². The van der Waals surface area contributed by atoms with Crippen LogP contribution in [0.2, 0.25) is 0 Å². The number of amidine groups is 1. The average molecular weight is 282 g/mol. The smallest absolute Gasteiger partial charge is 0.144 e. The van der Waals surface area contributed by atoms with Crippen molar-refractivity contribution in [2.45, 2.75) is 27.7 Å². The molecule has 0 unspecified atom stereocenters. The van der Waals surface area contributed by atoms with E-state index in [9.17, 15) is 0 Å². The van der Waals surface area contributed by atoms with E-state index in [-0.39, 0.29) is 5.84 Å². The lowest BCUT2D eigenvalue weighted by atomic mass is 10.1. The Labute approximate surface area is 126 Å². The molecule has 0 fully saturated rings. The maximum Gasteiger partial charge on any atom is 0.144 e. The van der Waals surface area contributed by atoms with E-state index >= 15 is 0 Å². The molecule has 0 bridgehead atoms. The number of nitrogens with zero attached hydrogens (tertiary/aromatic N) is 2. The van der Waals surface area contributed by atoms with Crippen LogP contribution in [-0.4, -0.2) is 17.9 Å². The summed E-state index contributed by atoms with van der Waals surface area (Å²) >= 11 is 0. The lowest BCUT2D eigenvalue weighted by Gasteiger charge is -2.23. The second kappa shape index (κ2) is 5.56. The van der Waals surface area contributed by atoms with E-state index in [1.807, 2.05) is 31.9 Å². The Hall–Kier alpha value is -2.36. The van der Waals surface area contributed by atoms with E-state index in [4.69, 9.17) is 11.1 Å². The van der Waals surface area contributed by atoms with Gasteiger partial charge in [-0.3, -0.25) is 5.41 Å². The number of hydrogen-bond acceptors (Lipinski definition) is 3. The molecule has 1 heterocycles. The van der Waals surface area contributed by atoms with Crippen LogP contribution in [0.1, 0.15) is 27.9 Å². The van der Waals surface area contributed by atoms with Crippen molar-refractivity contribution in [2.75, 3.05) is 11.9 Å². The van der Waals surface area contributed by atoms with Gasteiger partial charge in [0.05, 0.1) is 5.56 Å². The quantitative estimate of drug-likeness (QED) is 0.670. The number of rotatable bonds is 3. The van der Waals surface area contributed by atoms with Gasteiger partial charge in [-0.2, -0.15) is 0 Å². The largest absolute Gasteiger partial charge is 0.384 e. The SMILES string of the molecule is Cc1cc(C)cc(N(C)c2nc(C)cc(C)c2C(=N)N)c1. The predicted molar refractivity (Wildman–Crippen MR) is 88.7 cm³/mol. The molecule has 0 aliphatic heterocycles. The first-order valence-corrected chi connectivity index (χ1v) is 6.94. The first-order valence-electron chi connectivity index (χ1n) is 6.94. The molecule has 1 aromatic heterocycles. The molecule has 2 rings (SSSR count). The predicted octanol–water partition coefficient (Wildman–Crippen LogP) is 3.37. The third-order valence-corrected chi connectivity index (χ3v) is 3.51. The van der Waals surface area contributed by atoms with Gasteiger partial charge in [-0.1, -0.05) is 6.07 Å². The van der Waals surface area contributed by atoms with E-state index in [1.54, 1.807) is 0 Å². The lowest BCUT2D eigenvalue weighted by molar-refractivity contribution is 1.07. The molecule has 0 atom stereocenters. The number of aromatic nitrogens is 1. The fraction of sp³-hybridized carbons (Fsp3) is 0.294. The lowest BCUT2D eigenvalue weighted by Crippen LogP contribution is -2.21. The highest BCUT2D eigenvalue weighted by atomic mass is 15.2. The summed E-state index contributed by atoms with van der Waals surface area (Å²) in [7, 11) is 1.96. The zero-order chi connectivity index (χ0) is 15.7. The molecule has 0 saturated carbocycles. The van der Waals surface area contributed by atoms with Crippen molar-refractivity contribution < 1.29 is 0 Å². The van der Waals surface area contributed by atoms with Crippen LogP contribution < -0.4 is 10.6 Å². The number of anilines is 2. The number of nitrogens with one attached hydrogen (secondary N) is 1. The summed E-state index contributed by atoms with van der Waals surface area (Å²) in [5, 5.41) is 7.84. The fourth-order valence-electron chi connectivity index (χ4n) is 2.66. The minimum Gasteiger partial charge on any atom is -0.384 e. The van der Waals surface area contributed by atoms with E-state index in [0.717, 1.165) is 22.8 Å². The summed E-state index contributed by atoms with van der Waals surface area (Å²) in [5.41, 5.74) is 11.8. The number of nitrogens with two attached hydrogens (primary N) is 1. The fourth-order valence-corrected chi connectivity index (χ4v) is 2.66. The van der Waals surface area contributed by atoms with Crippen molar-refractivity contribution in [1.82, 2.24) is 4.98 Å². The van der Waals surface area contributed by atoms with E-state index < -0.39 is 0 Å². The van der Waals surface area contributed by atoms with Gasteiger partial charge in [-0.25, -0.2) is 4.98 Å². The van der Waals surface area contributed by atoms with Gasteiger partial charge in [-0.15, -0.1) is 0 Å². The third kappa shape index (κ3) is 3.05. The third-order valence-electron chi connectivity index (χ3n) is 3.51. The van der Waals surface area contributed by atoms with Crippen LogP contribution >= 0.6 is 0 Å². The zero-order valence-corrected chi connectivity index (χ0v) is 13.3. The summed E-state index contributed by atoms with van der Waals surface area (Å²) in [6.45, 7) is 8.07. The standard InChI is InChI=1S/C17H22N4/c1-10-6-11(2)8-14(7-10)21(5)17-15(16(18)19)12(3)9-13(4)20-17/h6-9H,1-5H3,(H3,18,19). The van der Waals surface area contributed by atoms with Gasteiger partial charge >= 0.3 is 0 Å². The number of benzene rings is 1. The van der Waals surface area contributed by atoms with Crippen LogP contribution in [0.3, 0.4) is 0 Å². The molecular formula is C17H22N4. The van der Waals surface area contributed by atoms with E-state index in [1.165, 1.54) is 11.1 Å². The molecule has 0 spiro atoms. The molecule has 3 N–H and O–H groups in total. The maximum atomic E-state index is 7.84. The summed E-state index contributed by atoms with van der Waals surface area (Å²) in [5.74, 6) is 0.774. The van der Waals surface area contributed by atoms with Gasteiger partial charge < -0.3 is 10.6 Å². The number of aryl methyl sites for hydroxylation is 4. The molecule has 0 aliphatic carbocycles. The Morgan fingerprint density at radius 2 is 1.62 bits per heavy atom. The van der Waals surface area contributed by atoms with E-state index in [2.05, 4.69) is 37.0 Å². The topological polar surface area (TPSA) is 66.0 Å². The van der Waals surface area contributed by atoms with Gasteiger partial charge in [0.25, 0.3) is 0 Å². The molecule has 0 amide bonds. The highest BCUT2D eigenvalue weighted by Crippen LogP contribution is 2.28. The van der Waals surface area contributed by atoms with Gasteiger partial charge in [0.15, 0.2) is 0 Å². The van der Waals surface area contributed by atoms with Crippen molar-refractivity contribution in [2.24, 2.45) is 5.73 Å². The van der Waals surface area contributed by atoms with Crippen LogP contribution in [0.5, 0.6) is 0 Å². The van der Waals surface area contributed by atoms with Crippen LogP contribution in [-0.2, 0) is 0 Å². The Morgan fingerprint density at radius 3 is 2.14 bits per heavy atom. The van der Waals surface area contributed by atoms with E-state index in [0.29, 0.717) is 5.56 Å². The summed E-state index contributed by atoms with van der Waals surface area (Å²) < 4.78 is 0. The molecule has 0 radical (unpaired) electrons. The summed E-state index contributed by atoms with van der Waals surface area (Å²) in [4.78, 5) is 6.59. The molecule has 4 nitrogen and oxygen atoms in total. The second-order valence-corrected chi connectivity index (χ2v) is 5.60. The molecule has 21 heavy (non-hydrogen) atoms. The molecule has 2 aromatic rings. The van der Waals surface area contributed by atoms with Crippen molar-refractivity contribution in [1.29, 1.82) is 5.41 Å². The molecule has 0 saturated heterocycles. The van der Waals surface area contributed by atoms with Gasteiger partial charge in [0.2, 0.25) is 0 Å². The van der Waals surface area contributed by atoms with Crippen LogP contribution in [0.25, 0.3) is 0 Å². The molecule has 1 aromatic carbocycles. The Kier molecular flexibility index (Phi) is 3.98. The average Bonchev–Trinajstić information content (AvgIpc) is 2.35. The maximum absolute atomic E-state index is 7.84. The number of nitrogen functional groups attached to an aromatic ring is 1. The zero-order valence-electron chi connectivity index (χ0n) is 13.3. The highest BCUT2D eigenvalue weighted by Gasteiger charge is 2.16. The number of pyridine rings is 1. The Morgan fingerprint density at radius 1 is 1.05 bits per heavy atom. The highest BCUT2D eigenvalue weighted by molar-refractivity contribution is 6.01. The second-order valence-electron chi connectivity index (χ2n) is 5.60. The Balaban J connectivity index is 2.62. The van der Waals surface area contributed by atoms with Gasteiger partial charge in [-0.05, 0) is 62.6 Å². The van der Waals surface area contributed by atoms with Crippen LogP contribution in [0.15, 0.2) is 24.3 Å². The molecular weight excluding hydrogens is 260 g/mol. The van der Waals surface area contributed by atoms with Crippen LogP contribution in [0, 0.1) is 33.1 Å². The minimum absolute atomic E-state index is 0.0474. The Bertz CT molecular complexity index is 684. The van der Waals surface area contributed by atoms with Crippen molar-refractivity contribution >= 4 is 17.3 Å². The van der Waals surface area contributed by atoms with Crippen molar-refractivity contribution in [3.05, 3.63) is 52.2 Å². The minimum atomic E-state index is 0.0474. The summed E-state index contributed by atoms with van der Waals surface area (Å²) in [6, 6.07) is 8.31. The monoisotopic (exact) mass is 282 g/mol. The molecule has 4 heteroatoms. The number of hydrogen-bond donors (Lipinski definition) is 2. The van der Waals surface area contributed by atoms with Gasteiger partial charge in [0, 0.05) is 18.4 Å². The first-order chi connectivity index (χ1) is 9.79. The van der Waals surface area contributed by atoms with Crippen LogP contribution in [0.4, 0.5) is 11.5 Å².